The van der Waals surface area contributed by atoms with Gasteiger partial charge in [-0.05, 0) is 37.1 Å². The summed E-state index contributed by atoms with van der Waals surface area (Å²) < 4.78 is 5.34. The first-order chi connectivity index (χ1) is 18.7. The molecule has 0 unspecified atom stereocenters. The standard InChI is InChI=1S/C26H34N10O3/c27-15-8-16(28)12-35(11-15)25-32-24(33-26(34-25)36-13-17(29)9-18(30)14-36)31-19-6-7-21(22(37)10-19)23(38)39-20-4-2-1-3-5-20/h1-7,10,15-18,37H,8-9,11-14,27-30H2,(H,31,32,33,34)/t15-,16+,17-,18+. The van der Waals surface area contributed by atoms with Gasteiger partial charge in [0.1, 0.15) is 17.1 Å². The van der Waals surface area contributed by atoms with Gasteiger partial charge in [-0.3, -0.25) is 0 Å². The first-order valence-corrected chi connectivity index (χ1v) is 12.9. The summed E-state index contributed by atoms with van der Waals surface area (Å²) >= 11 is 0. The Morgan fingerprint density at radius 3 is 1.87 bits per heavy atom. The average molecular weight is 535 g/mol. The average Bonchev–Trinajstić information content (AvgIpc) is 2.88. The highest BCUT2D eigenvalue weighted by molar-refractivity contribution is 5.94. The molecule has 2 saturated heterocycles. The van der Waals surface area contributed by atoms with Crippen LogP contribution in [0.5, 0.6) is 11.5 Å². The first-order valence-electron chi connectivity index (χ1n) is 12.9. The van der Waals surface area contributed by atoms with Gasteiger partial charge in [0.2, 0.25) is 17.8 Å². The van der Waals surface area contributed by atoms with Crippen molar-refractivity contribution < 1.29 is 14.6 Å². The van der Waals surface area contributed by atoms with Gasteiger partial charge in [-0.25, -0.2) is 4.79 Å². The molecule has 5 rings (SSSR count). The molecule has 2 aliphatic rings. The molecular formula is C26H34N10O3. The van der Waals surface area contributed by atoms with E-state index in [0.717, 1.165) is 0 Å². The van der Waals surface area contributed by atoms with Crippen LogP contribution < -0.4 is 42.8 Å². The van der Waals surface area contributed by atoms with Crippen molar-refractivity contribution in [1.82, 2.24) is 15.0 Å². The Labute approximate surface area is 226 Å². The van der Waals surface area contributed by atoms with Gasteiger partial charge in [0.15, 0.2) is 0 Å². The van der Waals surface area contributed by atoms with Gasteiger partial charge in [-0.2, -0.15) is 15.0 Å². The number of esters is 1. The number of phenols is 1. The highest BCUT2D eigenvalue weighted by Crippen LogP contribution is 2.27. The van der Waals surface area contributed by atoms with E-state index >= 15 is 0 Å². The summed E-state index contributed by atoms with van der Waals surface area (Å²) in [4.78, 5) is 30.4. The topological polar surface area (TPSA) is 208 Å². The Balaban J connectivity index is 1.41. The second-order valence-corrected chi connectivity index (χ2v) is 10.1. The molecule has 39 heavy (non-hydrogen) atoms. The smallest absolute Gasteiger partial charge is 0.347 e. The van der Waals surface area contributed by atoms with Crippen molar-refractivity contribution in [2.24, 2.45) is 22.9 Å². The molecule has 10 N–H and O–H groups in total. The van der Waals surface area contributed by atoms with Gasteiger partial charge < -0.3 is 47.9 Å². The fraction of sp³-hybridized carbons (Fsp3) is 0.385. The van der Waals surface area contributed by atoms with Crippen LogP contribution in [0.4, 0.5) is 23.5 Å². The van der Waals surface area contributed by atoms with E-state index in [1.807, 2.05) is 15.9 Å². The molecule has 2 fully saturated rings. The van der Waals surface area contributed by atoms with Crippen LogP contribution in [0.2, 0.25) is 0 Å². The van der Waals surface area contributed by atoms with Crippen LogP contribution in [0.25, 0.3) is 0 Å². The minimum Gasteiger partial charge on any atom is -0.507 e. The molecule has 0 amide bonds. The monoisotopic (exact) mass is 534 g/mol. The normalized spacial score (nSPS) is 23.4. The summed E-state index contributed by atoms with van der Waals surface area (Å²) in [5.41, 5.74) is 25.4. The molecule has 13 heteroatoms. The van der Waals surface area contributed by atoms with Crippen molar-refractivity contribution in [3.63, 3.8) is 0 Å². The van der Waals surface area contributed by atoms with E-state index in [1.54, 1.807) is 30.3 Å². The second kappa shape index (κ2) is 11.4. The third-order valence-electron chi connectivity index (χ3n) is 6.64. The fourth-order valence-electron chi connectivity index (χ4n) is 4.94. The lowest BCUT2D eigenvalue weighted by atomic mass is 10.0. The maximum Gasteiger partial charge on any atom is 0.347 e. The number of phenolic OH excluding ortho intramolecular Hbond substituents is 1. The van der Waals surface area contributed by atoms with E-state index in [0.29, 0.717) is 62.4 Å². The zero-order valence-corrected chi connectivity index (χ0v) is 21.5. The number of nitrogens with one attached hydrogen (secondary N) is 1. The number of rotatable bonds is 6. The van der Waals surface area contributed by atoms with Crippen LogP contribution in [0, 0.1) is 0 Å². The molecule has 0 saturated carbocycles. The minimum absolute atomic E-state index is 0.0222. The second-order valence-electron chi connectivity index (χ2n) is 10.1. The van der Waals surface area contributed by atoms with E-state index < -0.39 is 5.97 Å². The first kappa shape index (κ1) is 26.6. The Hall–Kier alpha value is -4.04. The predicted octanol–water partition coefficient (Wildman–Crippen LogP) is 0.269. The summed E-state index contributed by atoms with van der Waals surface area (Å²) in [6.07, 6.45) is 1.43. The molecule has 2 aliphatic heterocycles. The van der Waals surface area contributed by atoms with Crippen molar-refractivity contribution in [3.05, 3.63) is 54.1 Å². The van der Waals surface area contributed by atoms with Crippen LogP contribution in [0.15, 0.2) is 48.5 Å². The molecule has 0 radical (unpaired) electrons. The van der Waals surface area contributed by atoms with Crippen LogP contribution in [-0.4, -0.2) is 76.4 Å². The predicted molar refractivity (Wildman–Crippen MR) is 148 cm³/mol. The molecular weight excluding hydrogens is 500 g/mol. The van der Waals surface area contributed by atoms with E-state index in [1.165, 1.54) is 12.1 Å². The number of piperidine rings is 2. The zero-order chi connectivity index (χ0) is 27.5. The largest absolute Gasteiger partial charge is 0.507 e. The van der Waals surface area contributed by atoms with Crippen molar-refractivity contribution in [2.75, 3.05) is 41.3 Å². The maximum atomic E-state index is 12.6. The van der Waals surface area contributed by atoms with Crippen LogP contribution in [0.3, 0.4) is 0 Å². The zero-order valence-electron chi connectivity index (χ0n) is 21.5. The number of nitrogens with zero attached hydrogens (tertiary/aromatic N) is 5. The van der Waals surface area contributed by atoms with Gasteiger partial charge in [0, 0.05) is 62.1 Å². The van der Waals surface area contributed by atoms with E-state index in [2.05, 4.69) is 15.3 Å². The molecule has 2 aromatic carbocycles. The molecule has 0 spiro atoms. The maximum absolute atomic E-state index is 12.6. The summed E-state index contributed by atoms with van der Waals surface area (Å²) in [5, 5.41) is 13.7. The number of aromatic nitrogens is 3. The number of hydrogen-bond acceptors (Lipinski definition) is 13. The number of nitrogens with two attached hydrogens (primary N) is 4. The number of anilines is 4. The van der Waals surface area contributed by atoms with Crippen molar-refractivity contribution in [2.45, 2.75) is 37.0 Å². The third-order valence-corrected chi connectivity index (χ3v) is 6.64. The van der Waals surface area contributed by atoms with Gasteiger partial charge in [0.05, 0.1) is 0 Å². The van der Waals surface area contributed by atoms with Gasteiger partial charge in [-0.1, -0.05) is 18.2 Å². The molecule has 4 atom stereocenters. The Morgan fingerprint density at radius 1 is 0.821 bits per heavy atom. The molecule has 0 aliphatic carbocycles. The van der Waals surface area contributed by atoms with Crippen LogP contribution in [-0.2, 0) is 0 Å². The molecule has 0 bridgehead atoms. The Morgan fingerprint density at radius 2 is 1.36 bits per heavy atom. The minimum atomic E-state index is -0.675. The quantitative estimate of drug-likeness (QED) is 0.186. The summed E-state index contributed by atoms with van der Waals surface area (Å²) in [7, 11) is 0. The van der Waals surface area contributed by atoms with Crippen molar-refractivity contribution in [3.8, 4) is 11.5 Å². The van der Waals surface area contributed by atoms with Gasteiger partial charge in [-0.15, -0.1) is 0 Å². The number of para-hydroxylation sites is 1. The number of aromatic hydroxyl groups is 1. The number of carbonyl (C=O) groups is 1. The van der Waals surface area contributed by atoms with Crippen LogP contribution in [0.1, 0.15) is 23.2 Å². The number of hydrogen-bond donors (Lipinski definition) is 6. The number of ether oxygens (including phenoxy) is 1. The lowest BCUT2D eigenvalue weighted by Gasteiger charge is -2.37. The van der Waals surface area contributed by atoms with E-state index in [4.69, 9.17) is 32.7 Å². The third kappa shape index (κ3) is 6.52. The lowest BCUT2D eigenvalue weighted by molar-refractivity contribution is 0.0731. The Kier molecular flexibility index (Phi) is 7.74. The molecule has 1 aromatic heterocycles. The molecule has 13 nitrogen and oxygen atoms in total. The highest BCUT2D eigenvalue weighted by Gasteiger charge is 2.29. The fourth-order valence-corrected chi connectivity index (χ4v) is 4.94. The summed E-state index contributed by atoms with van der Waals surface area (Å²) in [6, 6.07) is 12.7. The summed E-state index contributed by atoms with van der Waals surface area (Å²) in [6.45, 7) is 2.20. The molecule has 206 valence electrons. The number of carbonyl (C=O) groups excluding carboxylic acids is 1. The molecule has 3 heterocycles. The van der Waals surface area contributed by atoms with Crippen molar-refractivity contribution >= 4 is 29.5 Å². The van der Waals surface area contributed by atoms with E-state index in [-0.39, 0.29) is 41.4 Å². The van der Waals surface area contributed by atoms with Crippen molar-refractivity contribution in [1.29, 1.82) is 0 Å². The SMILES string of the molecule is N[C@@H]1C[C@H](N)CN(c2nc(Nc3ccc(C(=O)Oc4ccccc4)c(O)c3)nc(N3C[C@H](N)C[C@H](N)C3)n2)C1. The van der Waals surface area contributed by atoms with Gasteiger partial charge in [0.25, 0.3) is 0 Å². The highest BCUT2D eigenvalue weighted by atomic mass is 16.5. The van der Waals surface area contributed by atoms with E-state index in [9.17, 15) is 9.90 Å². The van der Waals surface area contributed by atoms with Gasteiger partial charge >= 0.3 is 5.97 Å². The van der Waals surface area contributed by atoms with Crippen LogP contribution >= 0.6 is 0 Å². The molecule has 3 aromatic rings. The Bertz CT molecular complexity index is 1250. The lowest BCUT2D eigenvalue weighted by Crippen LogP contribution is -2.54. The number of benzene rings is 2. The summed E-state index contributed by atoms with van der Waals surface area (Å²) in [5.74, 6) is 0.543.